The molecule has 1 aromatic rings. The number of nitrogens with one attached hydrogen (secondary N) is 1. The van der Waals surface area contributed by atoms with Gasteiger partial charge in [0.2, 0.25) is 0 Å². The summed E-state index contributed by atoms with van der Waals surface area (Å²) < 4.78 is 0. The maximum atomic E-state index is 10.0. The fraction of sp³-hybridized carbons (Fsp3) is 0.538. The summed E-state index contributed by atoms with van der Waals surface area (Å²) in [4.78, 5) is 0. The zero-order chi connectivity index (χ0) is 10.3. The number of aliphatic hydroxyl groups is 1. The van der Waals surface area contributed by atoms with Crippen molar-refractivity contribution in [1.82, 2.24) is 5.32 Å². The fourth-order valence-electron chi connectivity index (χ4n) is 2.60. The molecule has 0 aromatic heterocycles. The Morgan fingerprint density at radius 2 is 2.00 bits per heavy atom. The van der Waals surface area contributed by atoms with Gasteiger partial charge in [0.25, 0.3) is 0 Å². The van der Waals surface area contributed by atoms with Crippen LogP contribution in [0, 0.1) is 0 Å². The van der Waals surface area contributed by atoms with Gasteiger partial charge in [-0.15, -0.1) is 0 Å². The van der Waals surface area contributed by atoms with Crippen LogP contribution in [-0.2, 0) is 6.42 Å². The predicted octanol–water partition coefficient (Wildman–Crippen LogP) is 1.79. The van der Waals surface area contributed by atoms with Crippen LogP contribution in [0.2, 0.25) is 0 Å². The van der Waals surface area contributed by atoms with Gasteiger partial charge >= 0.3 is 0 Å². The Morgan fingerprint density at radius 3 is 2.73 bits per heavy atom. The number of rotatable bonds is 2. The van der Waals surface area contributed by atoms with Crippen molar-refractivity contribution in [2.45, 2.75) is 43.9 Å². The summed E-state index contributed by atoms with van der Waals surface area (Å²) >= 11 is 0. The van der Waals surface area contributed by atoms with Crippen LogP contribution >= 0.6 is 0 Å². The molecule has 2 aliphatic carbocycles. The molecule has 2 nitrogen and oxygen atoms in total. The highest BCUT2D eigenvalue weighted by Crippen LogP contribution is 2.33. The number of hydrogen-bond acceptors (Lipinski definition) is 2. The second-order valence-electron chi connectivity index (χ2n) is 4.74. The van der Waals surface area contributed by atoms with Gasteiger partial charge in [0.1, 0.15) is 0 Å². The van der Waals surface area contributed by atoms with Crippen molar-refractivity contribution in [3.05, 3.63) is 35.4 Å². The lowest BCUT2D eigenvalue weighted by Gasteiger charge is -2.31. The first-order chi connectivity index (χ1) is 7.34. The molecule has 0 bridgehead atoms. The lowest BCUT2D eigenvalue weighted by atomic mass is 9.91. The Labute approximate surface area is 90.3 Å². The Kier molecular flexibility index (Phi) is 2.26. The molecule has 0 unspecified atom stereocenters. The molecule has 0 heterocycles. The number of aliphatic hydroxyl groups excluding tert-OH is 1. The van der Waals surface area contributed by atoms with Crippen LogP contribution in [0.3, 0.4) is 0 Å². The van der Waals surface area contributed by atoms with Gasteiger partial charge in [-0.1, -0.05) is 30.7 Å². The summed E-state index contributed by atoms with van der Waals surface area (Å²) in [6.45, 7) is 0. The number of fused-ring (bicyclic) bond motifs is 1. The molecule has 2 heteroatoms. The summed E-state index contributed by atoms with van der Waals surface area (Å²) in [5.74, 6) is 0. The monoisotopic (exact) mass is 203 g/mol. The van der Waals surface area contributed by atoms with E-state index in [1.165, 1.54) is 30.4 Å². The Balaban J connectivity index is 1.81. The van der Waals surface area contributed by atoms with Crippen molar-refractivity contribution >= 4 is 0 Å². The van der Waals surface area contributed by atoms with Gasteiger partial charge in [0.15, 0.2) is 0 Å². The molecule has 0 radical (unpaired) electrons. The SMILES string of the molecule is O[C@H]1Cc2ccccc2[C@H]1NC1CCC1. The van der Waals surface area contributed by atoms with E-state index in [4.69, 9.17) is 0 Å². The van der Waals surface area contributed by atoms with Crippen molar-refractivity contribution in [1.29, 1.82) is 0 Å². The second kappa shape index (κ2) is 3.62. The van der Waals surface area contributed by atoms with E-state index in [-0.39, 0.29) is 12.1 Å². The van der Waals surface area contributed by atoms with Crippen molar-refractivity contribution in [3.63, 3.8) is 0 Å². The van der Waals surface area contributed by atoms with E-state index in [0.717, 1.165) is 6.42 Å². The molecule has 0 saturated heterocycles. The Bertz CT molecular complexity index is 359. The zero-order valence-corrected chi connectivity index (χ0v) is 8.82. The van der Waals surface area contributed by atoms with Gasteiger partial charge in [-0.3, -0.25) is 0 Å². The predicted molar refractivity (Wildman–Crippen MR) is 59.7 cm³/mol. The lowest BCUT2D eigenvalue weighted by molar-refractivity contribution is 0.125. The minimum absolute atomic E-state index is 0.173. The minimum Gasteiger partial charge on any atom is -0.391 e. The molecule has 0 amide bonds. The standard InChI is InChI=1S/C13H17NO/c15-12-8-9-4-1-2-7-11(9)13(12)14-10-5-3-6-10/h1-2,4,7,10,12-15H,3,5-6,8H2/t12-,13+/m0/s1. The van der Waals surface area contributed by atoms with Gasteiger partial charge in [0.05, 0.1) is 12.1 Å². The molecule has 2 aliphatic rings. The van der Waals surface area contributed by atoms with E-state index >= 15 is 0 Å². The quantitative estimate of drug-likeness (QED) is 0.768. The molecule has 1 saturated carbocycles. The molecule has 80 valence electrons. The largest absolute Gasteiger partial charge is 0.391 e. The van der Waals surface area contributed by atoms with E-state index in [0.29, 0.717) is 6.04 Å². The first-order valence-electron chi connectivity index (χ1n) is 5.86. The zero-order valence-electron chi connectivity index (χ0n) is 8.82. The van der Waals surface area contributed by atoms with E-state index in [2.05, 4.69) is 29.6 Å². The average Bonchev–Trinajstić information content (AvgIpc) is 2.48. The number of hydrogen-bond donors (Lipinski definition) is 2. The molecule has 15 heavy (non-hydrogen) atoms. The first-order valence-corrected chi connectivity index (χ1v) is 5.86. The second-order valence-corrected chi connectivity index (χ2v) is 4.74. The molecular formula is C13H17NO. The Hall–Kier alpha value is -0.860. The van der Waals surface area contributed by atoms with Gasteiger partial charge < -0.3 is 10.4 Å². The van der Waals surface area contributed by atoms with E-state index in [9.17, 15) is 5.11 Å². The smallest absolute Gasteiger partial charge is 0.0775 e. The van der Waals surface area contributed by atoms with Crippen LogP contribution in [-0.4, -0.2) is 17.3 Å². The lowest BCUT2D eigenvalue weighted by Crippen LogP contribution is -2.41. The van der Waals surface area contributed by atoms with Crippen molar-refractivity contribution in [2.75, 3.05) is 0 Å². The van der Waals surface area contributed by atoms with Crippen LogP contribution < -0.4 is 5.32 Å². The van der Waals surface area contributed by atoms with Crippen LogP contribution in [0.5, 0.6) is 0 Å². The van der Waals surface area contributed by atoms with Crippen LogP contribution in [0.25, 0.3) is 0 Å². The minimum atomic E-state index is -0.233. The van der Waals surface area contributed by atoms with Gasteiger partial charge in [-0.2, -0.15) is 0 Å². The normalized spacial score (nSPS) is 29.9. The molecule has 2 N–H and O–H groups in total. The van der Waals surface area contributed by atoms with E-state index in [1.54, 1.807) is 0 Å². The third-order valence-electron chi connectivity index (χ3n) is 3.72. The van der Waals surface area contributed by atoms with Crippen molar-refractivity contribution in [2.24, 2.45) is 0 Å². The summed E-state index contributed by atoms with van der Waals surface area (Å²) in [5.41, 5.74) is 2.61. The van der Waals surface area contributed by atoms with Crippen molar-refractivity contribution < 1.29 is 5.11 Å². The topological polar surface area (TPSA) is 32.3 Å². The van der Waals surface area contributed by atoms with Gasteiger partial charge in [0, 0.05) is 12.5 Å². The van der Waals surface area contributed by atoms with E-state index < -0.39 is 0 Å². The highest BCUT2D eigenvalue weighted by molar-refractivity contribution is 5.36. The molecule has 2 atom stereocenters. The van der Waals surface area contributed by atoms with E-state index in [1.807, 2.05) is 0 Å². The molecule has 1 aromatic carbocycles. The highest BCUT2D eigenvalue weighted by atomic mass is 16.3. The van der Waals surface area contributed by atoms with Crippen LogP contribution in [0.15, 0.2) is 24.3 Å². The summed E-state index contributed by atoms with van der Waals surface area (Å²) in [7, 11) is 0. The first kappa shape index (κ1) is 9.37. The van der Waals surface area contributed by atoms with Crippen molar-refractivity contribution in [3.8, 4) is 0 Å². The average molecular weight is 203 g/mol. The molecule has 1 fully saturated rings. The maximum Gasteiger partial charge on any atom is 0.0775 e. The van der Waals surface area contributed by atoms with Crippen LogP contribution in [0.4, 0.5) is 0 Å². The molecule has 3 rings (SSSR count). The summed E-state index contributed by atoms with van der Waals surface area (Å²) in [6.07, 6.45) is 4.45. The highest BCUT2D eigenvalue weighted by Gasteiger charge is 2.33. The maximum absolute atomic E-state index is 10.0. The number of benzene rings is 1. The molecular weight excluding hydrogens is 186 g/mol. The third kappa shape index (κ3) is 1.58. The Morgan fingerprint density at radius 1 is 1.20 bits per heavy atom. The summed E-state index contributed by atoms with van der Waals surface area (Å²) in [5, 5.41) is 13.6. The van der Waals surface area contributed by atoms with Gasteiger partial charge in [-0.05, 0) is 24.0 Å². The summed E-state index contributed by atoms with van der Waals surface area (Å²) in [6, 6.07) is 9.19. The fourth-order valence-corrected chi connectivity index (χ4v) is 2.60. The third-order valence-corrected chi connectivity index (χ3v) is 3.72. The van der Waals surface area contributed by atoms with Crippen LogP contribution in [0.1, 0.15) is 36.4 Å². The van der Waals surface area contributed by atoms with Gasteiger partial charge in [-0.25, -0.2) is 0 Å². The molecule has 0 spiro atoms. The molecule has 0 aliphatic heterocycles.